The Morgan fingerprint density at radius 3 is 3.00 bits per heavy atom. The molecule has 18 heavy (non-hydrogen) atoms. The van der Waals surface area contributed by atoms with Crippen LogP contribution in [-0.2, 0) is 0 Å². The number of nitrogens with zero attached hydrogens (tertiary/aromatic N) is 2. The molecule has 1 aliphatic rings. The number of ether oxygens (including phenoxy) is 1. The number of hydrogen-bond donors (Lipinski definition) is 1. The van der Waals surface area contributed by atoms with E-state index in [1.54, 1.807) is 7.11 Å². The van der Waals surface area contributed by atoms with Crippen LogP contribution in [0.5, 0.6) is 5.75 Å². The molecule has 1 aliphatic heterocycles. The molecule has 0 spiro atoms. The molecule has 1 aromatic rings. The summed E-state index contributed by atoms with van der Waals surface area (Å²) in [5.74, 6) is 0.648. The zero-order valence-corrected chi connectivity index (χ0v) is 11.7. The highest BCUT2D eigenvalue weighted by Crippen LogP contribution is 2.32. The van der Waals surface area contributed by atoms with Crippen molar-refractivity contribution in [3.8, 4) is 5.75 Å². The first-order valence-electron chi connectivity index (χ1n) is 6.39. The van der Waals surface area contributed by atoms with E-state index in [-0.39, 0.29) is 0 Å². The average Bonchev–Trinajstić information content (AvgIpc) is 2.64. The molecule has 1 atom stereocenters. The number of pyridine rings is 1. The molecule has 0 radical (unpaired) electrons. The molecule has 0 bridgehead atoms. The van der Waals surface area contributed by atoms with Crippen molar-refractivity contribution in [3.63, 3.8) is 0 Å². The maximum absolute atomic E-state index is 5.97. The molecular weight excluding hydrogens is 250 g/mol. The normalized spacial score (nSPS) is 21.6. The lowest BCUT2D eigenvalue weighted by Crippen LogP contribution is -2.38. The van der Waals surface area contributed by atoms with Crippen LogP contribution >= 0.6 is 11.6 Å². The molecule has 5 heteroatoms. The molecule has 0 aliphatic carbocycles. The first-order valence-corrected chi connectivity index (χ1v) is 6.77. The van der Waals surface area contributed by atoms with Gasteiger partial charge in [0, 0.05) is 12.7 Å². The molecule has 4 nitrogen and oxygen atoms in total. The molecule has 0 saturated carbocycles. The van der Waals surface area contributed by atoms with E-state index in [4.69, 9.17) is 16.3 Å². The summed E-state index contributed by atoms with van der Waals surface area (Å²) in [4.78, 5) is 4.21. The lowest BCUT2D eigenvalue weighted by atomic mass is 10.0. The van der Waals surface area contributed by atoms with Crippen LogP contribution in [-0.4, -0.2) is 30.7 Å². The Morgan fingerprint density at radius 1 is 1.44 bits per heavy atom. The van der Waals surface area contributed by atoms with Crippen molar-refractivity contribution in [2.75, 3.05) is 20.7 Å². The van der Waals surface area contributed by atoms with Gasteiger partial charge in [0.1, 0.15) is 0 Å². The van der Waals surface area contributed by atoms with E-state index in [9.17, 15) is 0 Å². The van der Waals surface area contributed by atoms with Gasteiger partial charge in [-0.1, -0.05) is 24.4 Å². The van der Waals surface area contributed by atoms with Crippen LogP contribution in [0.25, 0.3) is 0 Å². The van der Waals surface area contributed by atoms with Crippen LogP contribution in [0.4, 0.5) is 0 Å². The van der Waals surface area contributed by atoms with Gasteiger partial charge in [-0.25, -0.2) is 9.99 Å². The van der Waals surface area contributed by atoms with Gasteiger partial charge in [0.05, 0.1) is 13.2 Å². The van der Waals surface area contributed by atoms with E-state index in [1.807, 2.05) is 19.3 Å². The van der Waals surface area contributed by atoms with E-state index < -0.39 is 0 Å². The van der Waals surface area contributed by atoms with Gasteiger partial charge < -0.3 is 4.74 Å². The first kappa shape index (κ1) is 13.6. The fourth-order valence-corrected chi connectivity index (χ4v) is 2.67. The van der Waals surface area contributed by atoms with Crippen molar-refractivity contribution >= 4 is 11.6 Å². The zero-order chi connectivity index (χ0) is 13.0. The van der Waals surface area contributed by atoms with Gasteiger partial charge in [0.2, 0.25) is 0 Å². The van der Waals surface area contributed by atoms with Crippen molar-refractivity contribution < 1.29 is 4.74 Å². The highest BCUT2D eigenvalue weighted by molar-refractivity contribution is 6.30. The molecule has 1 fully saturated rings. The van der Waals surface area contributed by atoms with E-state index in [0.29, 0.717) is 16.9 Å². The summed E-state index contributed by atoms with van der Waals surface area (Å²) in [7, 11) is 3.59. The Morgan fingerprint density at radius 2 is 2.28 bits per heavy atom. The number of hydrazine groups is 1. The second-order valence-corrected chi connectivity index (χ2v) is 4.90. The van der Waals surface area contributed by atoms with Gasteiger partial charge in [0.25, 0.3) is 0 Å². The summed E-state index contributed by atoms with van der Waals surface area (Å²) in [5, 5.41) is 2.70. The Kier molecular flexibility index (Phi) is 4.80. The van der Waals surface area contributed by atoms with Crippen LogP contribution < -0.4 is 10.2 Å². The first-order chi connectivity index (χ1) is 8.76. The number of hydrogen-bond acceptors (Lipinski definition) is 4. The Balaban J connectivity index is 2.26. The summed E-state index contributed by atoms with van der Waals surface area (Å²) in [6.07, 6.45) is 6.74. The maximum atomic E-state index is 5.97. The highest BCUT2D eigenvalue weighted by Gasteiger charge is 2.22. The Bertz CT molecular complexity index is 400. The van der Waals surface area contributed by atoms with Crippen LogP contribution in [0, 0.1) is 0 Å². The fourth-order valence-electron chi connectivity index (χ4n) is 2.49. The SMILES string of the molecule is CNN1CCCCC[C@H]1c1cnc(Cl)c(OC)c1. The van der Waals surface area contributed by atoms with E-state index >= 15 is 0 Å². The molecule has 0 amide bonds. The maximum Gasteiger partial charge on any atom is 0.171 e. The lowest BCUT2D eigenvalue weighted by Gasteiger charge is -2.29. The molecule has 1 aromatic heterocycles. The van der Waals surface area contributed by atoms with Crippen molar-refractivity contribution in [2.24, 2.45) is 0 Å². The van der Waals surface area contributed by atoms with Crippen LogP contribution in [0.1, 0.15) is 37.3 Å². The van der Waals surface area contributed by atoms with Gasteiger partial charge in [0.15, 0.2) is 10.9 Å². The minimum Gasteiger partial charge on any atom is -0.494 e. The molecule has 1 saturated heterocycles. The van der Waals surface area contributed by atoms with Crippen molar-refractivity contribution in [2.45, 2.75) is 31.7 Å². The molecule has 100 valence electrons. The minimum atomic E-state index is 0.344. The van der Waals surface area contributed by atoms with Gasteiger partial charge in [-0.15, -0.1) is 0 Å². The number of nitrogens with one attached hydrogen (secondary N) is 1. The van der Waals surface area contributed by atoms with Crippen LogP contribution in [0.15, 0.2) is 12.3 Å². The van der Waals surface area contributed by atoms with Crippen molar-refractivity contribution in [3.05, 3.63) is 23.0 Å². The summed E-state index contributed by atoms with van der Waals surface area (Å²) in [6, 6.07) is 2.34. The highest BCUT2D eigenvalue weighted by atomic mass is 35.5. The van der Waals surface area contributed by atoms with E-state index in [2.05, 4.69) is 15.4 Å². The second kappa shape index (κ2) is 6.36. The van der Waals surface area contributed by atoms with Gasteiger partial charge in [-0.2, -0.15) is 0 Å². The predicted molar refractivity (Wildman–Crippen MR) is 72.8 cm³/mol. The number of aromatic nitrogens is 1. The lowest BCUT2D eigenvalue weighted by molar-refractivity contribution is 0.142. The third-order valence-electron chi connectivity index (χ3n) is 3.47. The predicted octanol–water partition coefficient (Wildman–Crippen LogP) is 2.80. The van der Waals surface area contributed by atoms with Gasteiger partial charge >= 0.3 is 0 Å². The van der Waals surface area contributed by atoms with Crippen LogP contribution in [0.3, 0.4) is 0 Å². The van der Waals surface area contributed by atoms with Crippen molar-refractivity contribution in [1.29, 1.82) is 0 Å². The number of methoxy groups -OCH3 is 1. The monoisotopic (exact) mass is 269 g/mol. The largest absolute Gasteiger partial charge is 0.494 e. The van der Waals surface area contributed by atoms with Gasteiger partial charge in [-0.05, 0) is 31.5 Å². The summed E-state index contributed by atoms with van der Waals surface area (Å²) >= 11 is 5.97. The van der Waals surface area contributed by atoms with Gasteiger partial charge in [-0.3, -0.25) is 5.43 Å². The quantitative estimate of drug-likeness (QED) is 0.857. The zero-order valence-electron chi connectivity index (χ0n) is 10.9. The second-order valence-electron chi connectivity index (χ2n) is 4.54. The molecule has 0 unspecified atom stereocenters. The Labute approximate surface area is 113 Å². The van der Waals surface area contributed by atoms with Crippen molar-refractivity contribution in [1.82, 2.24) is 15.4 Å². The Hall–Kier alpha value is -0.840. The fraction of sp³-hybridized carbons (Fsp3) is 0.615. The molecule has 1 N–H and O–H groups in total. The number of rotatable bonds is 3. The average molecular weight is 270 g/mol. The third kappa shape index (κ3) is 2.94. The summed E-state index contributed by atoms with van der Waals surface area (Å²) < 4.78 is 5.24. The van der Waals surface area contributed by atoms with Crippen LogP contribution in [0.2, 0.25) is 5.15 Å². The molecular formula is C13H20ClN3O. The summed E-state index contributed by atoms with van der Waals surface area (Å²) in [5.41, 5.74) is 4.44. The topological polar surface area (TPSA) is 37.4 Å². The molecule has 2 heterocycles. The standard InChI is InChI=1S/C13H20ClN3O/c1-15-17-7-5-3-4-6-11(17)10-8-12(18-2)13(14)16-9-10/h8-9,11,15H,3-7H2,1-2H3/t11-/m0/s1. The molecule has 0 aromatic carbocycles. The smallest absolute Gasteiger partial charge is 0.171 e. The third-order valence-corrected chi connectivity index (χ3v) is 3.76. The minimum absolute atomic E-state index is 0.344. The van der Waals surface area contributed by atoms with E-state index in [0.717, 1.165) is 18.5 Å². The summed E-state index contributed by atoms with van der Waals surface area (Å²) in [6.45, 7) is 1.06. The van der Waals surface area contributed by atoms with E-state index in [1.165, 1.54) is 19.3 Å². The number of halogens is 1. The molecule has 2 rings (SSSR count).